The summed E-state index contributed by atoms with van der Waals surface area (Å²) in [6, 6.07) is 21.9. The van der Waals surface area contributed by atoms with Gasteiger partial charge in [-0.3, -0.25) is 23.9 Å². The Balaban J connectivity index is 1.41. The summed E-state index contributed by atoms with van der Waals surface area (Å²) < 4.78 is 15.1. The molecule has 3 heterocycles. The van der Waals surface area contributed by atoms with Crippen molar-refractivity contribution in [2.24, 2.45) is 0 Å². The van der Waals surface area contributed by atoms with Crippen molar-refractivity contribution in [1.82, 2.24) is 14.9 Å². The Bertz CT molecular complexity index is 1760. The van der Waals surface area contributed by atoms with E-state index in [2.05, 4.69) is 10.3 Å². The van der Waals surface area contributed by atoms with Crippen LogP contribution in [0, 0.1) is 5.82 Å². The quantitative estimate of drug-likeness (QED) is 0.370. The lowest BCUT2D eigenvalue weighted by atomic mass is 9.93. The molecule has 0 saturated heterocycles. The van der Waals surface area contributed by atoms with Crippen LogP contribution in [-0.4, -0.2) is 27.3 Å². The smallest absolute Gasteiger partial charge is 0.271 e. The molecule has 3 aromatic carbocycles. The first-order valence-electron chi connectivity index (χ1n) is 11.7. The first-order chi connectivity index (χ1) is 17.8. The van der Waals surface area contributed by atoms with Gasteiger partial charge in [0, 0.05) is 28.9 Å². The summed E-state index contributed by atoms with van der Waals surface area (Å²) in [5, 5.41) is 4.42. The number of aromatic nitrogens is 2. The summed E-state index contributed by atoms with van der Waals surface area (Å²) in [6.45, 7) is 3.12. The number of carbonyl (C=O) groups is 3. The molecule has 6 rings (SSSR count). The van der Waals surface area contributed by atoms with Crippen molar-refractivity contribution in [1.29, 1.82) is 0 Å². The van der Waals surface area contributed by atoms with Gasteiger partial charge in [-0.25, -0.2) is 9.37 Å². The van der Waals surface area contributed by atoms with Crippen molar-refractivity contribution in [3.63, 3.8) is 0 Å². The van der Waals surface area contributed by atoms with Gasteiger partial charge >= 0.3 is 0 Å². The molecule has 1 aliphatic rings. The summed E-state index contributed by atoms with van der Waals surface area (Å²) in [4.78, 5) is 45.4. The fraction of sp³-hybridized carbons (Fsp3) is 0.103. The molecular weight excluding hydrogens is 471 g/mol. The first-order valence-corrected chi connectivity index (χ1v) is 11.7. The van der Waals surface area contributed by atoms with E-state index in [9.17, 15) is 18.8 Å². The number of nitrogens with zero attached hydrogens (tertiary/aromatic N) is 3. The highest BCUT2D eigenvalue weighted by Crippen LogP contribution is 2.44. The van der Waals surface area contributed by atoms with Gasteiger partial charge in [0.25, 0.3) is 11.8 Å². The minimum absolute atomic E-state index is 0.116. The van der Waals surface area contributed by atoms with Crippen molar-refractivity contribution >= 4 is 50.9 Å². The third-order valence-electron chi connectivity index (χ3n) is 6.87. The van der Waals surface area contributed by atoms with Gasteiger partial charge in [0.1, 0.15) is 17.1 Å². The van der Waals surface area contributed by atoms with Crippen molar-refractivity contribution < 1.29 is 18.8 Å². The van der Waals surface area contributed by atoms with E-state index in [4.69, 9.17) is 0 Å². The molecule has 37 heavy (non-hydrogen) atoms. The summed E-state index contributed by atoms with van der Waals surface area (Å²) >= 11 is 0. The molecule has 5 aromatic rings. The normalized spacial score (nSPS) is 16.8. The Hall–Kier alpha value is -4.85. The number of pyridine rings is 1. The largest absolute Gasteiger partial charge is 0.333 e. The standard InChI is InChI=1S/C29H21FN4O3/c1-17(35)33-24-9-5-3-7-20(24)21-15-23(31-16-26(21)33)27(36)32-29(2)22-8-4-6-10-25(22)34(28(29)37)19-13-11-18(30)12-14-19/h3-16H,1-2H3,(H,32,36)/t29-/m0/s1. The number of benzene rings is 3. The lowest BCUT2D eigenvalue weighted by molar-refractivity contribution is -0.122. The topological polar surface area (TPSA) is 84.3 Å². The van der Waals surface area contributed by atoms with Gasteiger partial charge in [-0.2, -0.15) is 0 Å². The molecule has 182 valence electrons. The molecule has 2 amide bonds. The average Bonchev–Trinajstić information content (AvgIpc) is 3.34. The molecule has 1 atom stereocenters. The van der Waals surface area contributed by atoms with Crippen LogP contribution in [0.1, 0.15) is 34.7 Å². The number of carbonyl (C=O) groups excluding carboxylic acids is 3. The third-order valence-corrected chi connectivity index (χ3v) is 6.87. The number of hydrogen-bond acceptors (Lipinski definition) is 4. The maximum atomic E-state index is 13.8. The Kier molecular flexibility index (Phi) is 4.94. The van der Waals surface area contributed by atoms with E-state index in [1.54, 1.807) is 41.8 Å². The number of hydrogen-bond donors (Lipinski definition) is 1. The Morgan fingerprint density at radius 1 is 0.919 bits per heavy atom. The molecule has 0 bridgehead atoms. The lowest BCUT2D eigenvalue weighted by Gasteiger charge is -2.25. The highest BCUT2D eigenvalue weighted by molar-refractivity contribution is 6.16. The summed E-state index contributed by atoms with van der Waals surface area (Å²) in [5.74, 6) is -1.48. The van der Waals surface area contributed by atoms with Crippen LogP contribution in [0.25, 0.3) is 21.8 Å². The first kappa shape index (κ1) is 22.6. The average molecular weight is 493 g/mol. The fourth-order valence-electron chi connectivity index (χ4n) is 5.13. The minimum atomic E-state index is -1.38. The molecule has 0 saturated carbocycles. The van der Waals surface area contributed by atoms with E-state index < -0.39 is 17.3 Å². The van der Waals surface area contributed by atoms with Gasteiger partial charge in [-0.05, 0) is 49.4 Å². The Morgan fingerprint density at radius 3 is 2.38 bits per heavy atom. The molecular formula is C29H21FN4O3. The zero-order chi connectivity index (χ0) is 25.9. The van der Waals surface area contributed by atoms with E-state index in [0.29, 0.717) is 27.8 Å². The zero-order valence-electron chi connectivity index (χ0n) is 20.0. The van der Waals surface area contributed by atoms with Gasteiger partial charge in [0.15, 0.2) is 0 Å². The molecule has 0 radical (unpaired) electrons. The number of anilines is 2. The Labute approximate surface area is 211 Å². The zero-order valence-corrected chi connectivity index (χ0v) is 20.0. The molecule has 7 nitrogen and oxygen atoms in total. The van der Waals surface area contributed by atoms with Gasteiger partial charge in [-0.1, -0.05) is 36.4 Å². The molecule has 1 aliphatic heterocycles. The number of rotatable bonds is 3. The van der Waals surface area contributed by atoms with Crippen LogP contribution in [0.2, 0.25) is 0 Å². The molecule has 8 heteroatoms. The molecule has 1 N–H and O–H groups in total. The number of nitrogens with one attached hydrogen (secondary N) is 1. The van der Waals surface area contributed by atoms with Crippen LogP contribution in [0.3, 0.4) is 0 Å². The number of para-hydroxylation sites is 2. The van der Waals surface area contributed by atoms with Crippen LogP contribution >= 0.6 is 0 Å². The second kappa shape index (κ2) is 8.09. The van der Waals surface area contributed by atoms with Crippen LogP contribution in [0.4, 0.5) is 15.8 Å². The van der Waals surface area contributed by atoms with E-state index in [1.165, 1.54) is 42.3 Å². The summed E-state index contributed by atoms with van der Waals surface area (Å²) in [7, 11) is 0. The third kappa shape index (κ3) is 3.33. The van der Waals surface area contributed by atoms with E-state index in [0.717, 1.165) is 10.9 Å². The molecule has 0 aliphatic carbocycles. The number of amides is 2. The maximum absolute atomic E-state index is 13.8. The number of fused-ring (bicyclic) bond motifs is 4. The molecule has 0 spiro atoms. The van der Waals surface area contributed by atoms with Crippen molar-refractivity contribution in [2.75, 3.05) is 4.90 Å². The van der Waals surface area contributed by atoms with Gasteiger partial charge in [0.2, 0.25) is 5.91 Å². The van der Waals surface area contributed by atoms with Crippen LogP contribution in [-0.2, 0) is 10.3 Å². The van der Waals surface area contributed by atoms with Crippen LogP contribution in [0.5, 0.6) is 0 Å². The van der Waals surface area contributed by atoms with Gasteiger partial charge in [0.05, 0.1) is 22.9 Å². The van der Waals surface area contributed by atoms with Crippen molar-refractivity contribution in [3.8, 4) is 0 Å². The lowest BCUT2D eigenvalue weighted by Crippen LogP contribution is -2.50. The van der Waals surface area contributed by atoms with Crippen molar-refractivity contribution in [3.05, 3.63) is 102 Å². The van der Waals surface area contributed by atoms with Crippen molar-refractivity contribution in [2.45, 2.75) is 19.4 Å². The highest BCUT2D eigenvalue weighted by Gasteiger charge is 2.49. The molecule has 0 fully saturated rings. The molecule has 2 aromatic heterocycles. The summed E-state index contributed by atoms with van der Waals surface area (Å²) in [5.41, 5.74) is 1.78. The highest BCUT2D eigenvalue weighted by atomic mass is 19.1. The van der Waals surface area contributed by atoms with E-state index in [-0.39, 0.29) is 17.5 Å². The van der Waals surface area contributed by atoms with Crippen LogP contribution in [0.15, 0.2) is 85.1 Å². The van der Waals surface area contributed by atoms with Gasteiger partial charge in [-0.15, -0.1) is 0 Å². The maximum Gasteiger partial charge on any atom is 0.271 e. The van der Waals surface area contributed by atoms with E-state index >= 15 is 0 Å². The predicted octanol–water partition coefficient (Wildman–Crippen LogP) is 5.31. The Morgan fingerprint density at radius 2 is 1.62 bits per heavy atom. The second-order valence-electron chi connectivity index (χ2n) is 9.17. The number of halogens is 1. The summed E-state index contributed by atoms with van der Waals surface area (Å²) in [6.07, 6.45) is 1.50. The fourth-order valence-corrected chi connectivity index (χ4v) is 5.13. The molecule has 0 unspecified atom stereocenters. The minimum Gasteiger partial charge on any atom is -0.333 e. The van der Waals surface area contributed by atoms with Gasteiger partial charge < -0.3 is 5.32 Å². The van der Waals surface area contributed by atoms with Crippen LogP contribution < -0.4 is 10.2 Å². The van der Waals surface area contributed by atoms with E-state index in [1.807, 2.05) is 24.3 Å². The predicted molar refractivity (Wildman–Crippen MR) is 138 cm³/mol. The second-order valence-corrected chi connectivity index (χ2v) is 9.17. The SMILES string of the molecule is CC(=O)n1c2ccccc2c2cc(C(=O)N[C@]3(C)C(=O)N(c4ccc(F)cc4)c4ccccc43)ncc21. The monoisotopic (exact) mass is 492 g/mol.